The first kappa shape index (κ1) is 22.3. The summed E-state index contributed by atoms with van der Waals surface area (Å²) in [6, 6.07) is 14.7. The van der Waals surface area contributed by atoms with Gasteiger partial charge in [-0.2, -0.15) is 0 Å². The van der Waals surface area contributed by atoms with Crippen LogP contribution in [-0.4, -0.2) is 35.1 Å². The van der Waals surface area contributed by atoms with E-state index in [-0.39, 0.29) is 17.7 Å². The van der Waals surface area contributed by atoms with Crippen LogP contribution in [0.25, 0.3) is 10.9 Å². The van der Waals surface area contributed by atoms with E-state index in [1.54, 1.807) is 54.9 Å². The minimum atomic E-state index is -3.96. The Morgan fingerprint density at radius 2 is 1.82 bits per heavy atom. The van der Waals surface area contributed by atoms with Gasteiger partial charge in [0.05, 0.1) is 23.2 Å². The second kappa shape index (κ2) is 9.33. The predicted molar refractivity (Wildman–Crippen MR) is 122 cm³/mol. The number of aromatic nitrogens is 2. The molecule has 2 aromatic carbocycles. The van der Waals surface area contributed by atoms with Gasteiger partial charge in [0, 0.05) is 30.3 Å². The normalized spacial score (nSPS) is 11.4. The molecule has 33 heavy (non-hydrogen) atoms. The highest BCUT2D eigenvalue weighted by molar-refractivity contribution is 7.90. The van der Waals surface area contributed by atoms with Crippen LogP contribution >= 0.6 is 0 Å². The Morgan fingerprint density at radius 3 is 2.48 bits per heavy atom. The van der Waals surface area contributed by atoms with Crippen molar-refractivity contribution in [2.75, 3.05) is 6.61 Å². The molecule has 2 heterocycles. The molecule has 8 nitrogen and oxygen atoms in total. The van der Waals surface area contributed by atoms with Gasteiger partial charge in [0.25, 0.3) is 10.0 Å². The van der Waals surface area contributed by atoms with Gasteiger partial charge in [0.1, 0.15) is 17.2 Å². The monoisotopic (exact) mass is 466 g/mol. The van der Waals surface area contributed by atoms with Gasteiger partial charge >= 0.3 is 5.97 Å². The first-order valence-electron chi connectivity index (χ1n) is 10.3. The lowest BCUT2D eigenvalue weighted by atomic mass is 10.1. The Morgan fingerprint density at radius 1 is 1.06 bits per heavy atom. The highest BCUT2D eigenvalue weighted by Crippen LogP contribution is 2.31. The number of carboxylic acid groups (broad SMARTS) is 1. The second-order valence-corrected chi connectivity index (χ2v) is 9.04. The lowest BCUT2D eigenvalue weighted by molar-refractivity contribution is -0.136. The number of ether oxygens (including phenoxy) is 2. The van der Waals surface area contributed by atoms with Crippen LogP contribution in [0.5, 0.6) is 17.2 Å². The number of pyridine rings is 1. The Balaban J connectivity index is 1.72. The van der Waals surface area contributed by atoms with E-state index in [0.29, 0.717) is 40.3 Å². The number of nitrogens with zero attached hydrogens (tertiary/aromatic N) is 2. The Hall–Kier alpha value is -3.85. The van der Waals surface area contributed by atoms with Crippen molar-refractivity contribution in [1.29, 1.82) is 0 Å². The molecule has 0 fully saturated rings. The fraction of sp³-hybridized carbons (Fsp3) is 0.167. The molecule has 0 unspecified atom stereocenters. The van der Waals surface area contributed by atoms with Crippen molar-refractivity contribution >= 4 is 26.9 Å². The summed E-state index contributed by atoms with van der Waals surface area (Å²) < 4.78 is 39.4. The zero-order valence-electron chi connectivity index (χ0n) is 17.8. The summed E-state index contributed by atoms with van der Waals surface area (Å²) in [5.74, 6) is 0.592. The third kappa shape index (κ3) is 4.83. The Bertz CT molecular complexity index is 1380. The molecule has 9 heteroatoms. The van der Waals surface area contributed by atoms with Crippen LogP contribution in [0.4, 0.5) is 0 Å². The van der Waals surface area contributed by atoms with E-state index in [9.17, 15) is 13.2 Å². The van der Waals surface area contributed by atoms with E-state index in [0.717, 1.165) is 0 Å². The van der Waals surface area contributed by atoms with E-state index in [2.05, 4.69) is 4.98 Å². The maximum Gasteiger partial charge on any atom is 0.303 e. The van der Waals surface area contributed by atoms with E-state index < -0.39 is 16.0 Å². The molecule has 4 aromatic rings. The molecular weight excluding hydrogens is 444 g/mol. The molecule has 2 aromatic heterocycles. The molecule has 4 rings (SSSR count). The Labute approximate surface area is 191 Å². The second-order valence-electron chi connectivity index (χ2n) is 7.22. The number of carboxylic acids is 1. The van der Waals surface area contributed by atoms with Gasteiger partial charge in [-0.25, -0.2) is 12.4 Å². The first-order valence-corrected chi connectivity index (χ1v) is 11.7. The molecule has 0 saturated heterocycles. The molecule has 170 valence electrons. The topological polar surface area (TPSA) is 108 Å². The smallest absolute Gasteiger partial charge is 0.303 e. The summed E-state index contributed by atoms with van der Waals surface area (Å²) in [7, 11) is -3.96. The number of carbonyl (C=O) groups is 1. The van der Waals surface area contributed by atoms with Crippen LogP contribution in [0, 0.1) is 0 Å². The van der Waals surface area contributed by atoms with Crippen LogP contribution in [0.1, 0.15) is 18.9 Å². The van der Waals surface area contributed by atoms with Crippen LogP contribution < -0.4 is 9.47 Å². The van der Waals surface area contributed by atoms with E-state index in [4.69, 9.17) is 14.6 Å². The van der Waals surface area contributed by atoms with Gasteiger partial charge in [0.2, 0.25) is 0 Å². The van der Waals surface area contributed by atoms with Crippen molar-refractivity contribution in [2.24, 2.45) is 0 Å². The number of aliphatic carboxylic acids is 1. The molecule has 0 saturated carbocycles. The summed E-state index contributed by atoms with van der Waals surface area (Å²) in [5, 5.41) is 9.74. The minimum absolute atomic E-state index is 0.0736. The number of hydrogen-bond donors (Lipinski definition) is 1. The maximum atomic E-state index is 13.5. The van der Waals surface area contributed by atoms with Crippen LogP contribution in [0.15, 0.2) is 78.1 Å². The maximum absolute atomic E-state index is 13.5. The molecule has 0 amide bonds. The van der Waals surface area contributed by atoms with Gasteiger partial charge < -0.3 is 14.6 Å². The predicted octanol–water partition coefficient (Wildman–Crippen LogP) is 4.48. The lowest BCUT2D eigenvalue weighted by Gasteiger charge is -2.10. The molecular formula is C24H22N2O6S. The fourth-order valence-electron chi connectivity index (χ4n) is 3.48. The van der Waals surface area contributed by atoms with Crippen molar-refractivity contribution in [3.63, 3.8) is 0 Å². The highest BCUT2D eigenvalue weighted by atomic mass is 32.2. The van der Waals surface area contributed by atoms with Crippen LogP contribution in [0.3, 0.4) is 0 Å². The first-order chi connectivity index (χ1) is 15.9. The molecule has 0 radical (unpaired) electrons. The van der Waals surface area contributed by atoms with Gasteiger partial charge in [-0.05, 0) is 67.4 Å². The SMILES string of the molecule is CCOc1ccc2c(CCC(=O)O)cn(S(=O)(=O)c3ccc(Oc4cccnc4)cc3)c2c1. The van der Waals surface area contributed by atoms with Crippen LogP contribution in [0.2, 0.25) is 0 Å². The number of hydrogen-bond acceptors (Lipinski definition) is 6. The van der Waals surface area contributed by atoms with Crippen LogP contribution in [-0.2, 0) is 21.2 Å². The number of rotatable bonds is 9. The minimum Gasteiger partial charge on any atom is -0.494 e. The molecule has 0 aliphatic heterocycles. The average molecular weight is 467 g/mol. The third-order valence-corrected chi connectivity index (χ3v) is 6.68. The van der Waals surface area contributed by atoms with Gasteiger partial charge in [-0.15, -0.1) is 0 Å². The van der Waals surface area contributed by atoms with Crippen molar-refractivity contribution in [3.8, 4) is 17.2 Å². The lowest BCUT2D eigenvalue weighted by Crippen LogP contribution is -2.12. The molecule has 0 aliphatic carbocycles. The zero-order chi connectivity index (χ0) is 23.4. The van der Waals surface area contributed by atoms with Gasteiger partial charge in [0.15, 0.2) is 0 Å². The highest BCUT2D eigenvalue weighted by Gasteiger charge is 2.22. The van der Waals surface area contributed by atoms with Crippen molar-refractivity contribution in [1.82, 2.24) is 8.96 Å². The number of fused-ring (bicyclic) bond motifs is 1. The summed E-state index contributed by atoms with van der Waals surface area (Å²) in [4.78, 5) is 15.1. The van der Waals surface area contributed by atoms with Crippen molar-refractivity contribution in [3.05, 3.63) is 78.8 Å². The molecule has 0 aliphatic rings. The van der Waals surface area contributed by atoms with E-state index >= 15 is 0 Å². The zero-order valence-corrected chi connectivity index (χ0v) is 18.7. The molecule has 0 spiro atoms. The van der Waals surface area contributed by atoms with Gasteiger partial charge in [-0.1, -0.05) is 0 Å². The molecule has 0 bridgehead atoms. The number of aryl methyl sites for hydroxylation is 1. The largest absolute Gasteiger partial charge is 0.494 e. The fourth-order valence-corrected chi connectivity index (χ4v) is 4.86. The standard InChI is InChI=1S/C24H22N2O6S/c1-2-31-19-8-11-22-17(5-12-24(27)28)16-26(23(22)14-19)33(29,30)21-9-6-18(7-10-21)32-20-4-3-13-25-15-20/h3-4,6-11,13-16H,2,5,12H2,1H3,(H,27,28). The third-order valence-electron chi connectivity index (χ3n) is 5.00. The van der Waals surface area contributed by atoms with E-state index in [1.165, 1.54) is 22.3 Å². The summed E-state index contributed by atoms with van der Waals surface area (Å²) in [6.07, 6.45) is 4.78. The summed E-state index contributed by atoms with van der Waals surface area (Å²) in [6.45, 7) is 2.27. The molecule has 0 atom stereocenters. The van der Waals surface area contributed by atoms with E-state index in [1.807, 2.05) is 6.92 Å². The number of benzene rings is 2. The summed E-state index contributed by atoms with van der Waals surface area (Å²) in [5.41, 5.74) is 1.06. The molecule has 1 N–H and O–H groups in total. The quantitative estimate of drug-likeness (QED) is 0.387. The Kier molecular flexibility index (Phi) is 6.32. The van der Waals surface area contributed by atoms with Crippen molar-refractivity contribution in [2.45, 2.75) is 24.7 Å². The van der Waals surface area contributed by atoms with Gasteiger partial charge in [-0.3, -0.25) is 9.78 Å². The van der Waals surface area contributed by atoms with Crippen molar-refractivity contribution < 1.29 is 27.8 Å². The average Bonchev–Trinajstić information content (AvgIpc) is 3.18. The summed E-state index contributed by atoms with van der Waals surface area (Å²) >= 11 is 0.